The highest BCUT2D eigenvalue weighted by Crippen LogP contribution is 2.13. The summed E-state index contributed by atoms with van der Waals surface area (Å²) in [5, 5.41) is 17.7. The Morgan fingerprint density at radius 2 is 2.00 bits per heavy atom. The second kappa shape index (κ2) is 5.90. The van der Waals surface area contributed by atoms with Gasteiger partial charge in [0.05, 0.1) is 12.5 Å². The van der Waals surface area contributed by atoms with Crippen molar-refractivity contribution >= 4 is 5.91 Å². The maximum Gasteiger partial charge on any atom is 0.254 e. The van der Waals surface area contributed by atoms with Gasteiger partial charge in [-0.2, -0.15) is 5.26 Å². The molecule has 0 aliphatic heterocycles. The van der Waals surface area contributed by atoms with Crippen LogP contribution in [0, 0.1) is 11.3 Å². The van der Waals surface area contributed by atoms with Gasteiger partial charge in [0.15, 0.2) is 0 Å². The number of phenols is 1. The van der Waals surface area contributed by atoms with Crippen molar-refractivity contribution < 1.29 is 9.90 Å². The Labute approximate surface area is 101 Å². The van der Waals surface area contributed by atoms with Gasteiger partial charge in [0.25, 0.3) is 5.91 Å². The fraction of sp³-hybridized carbons (Fsp3) is 0.385. The number of carbonyl (C=O) groups is 1. The zero-order valence-electron chi connectivity index (χ0n) is 10.1. The summed E-state index contributed by atoms with van der Waals surface area (Å²) in [7, 11) is 0. The molecule has 0 radical (unpaired) electrons. The van der Waals surface area contributed by atoms with Gasteiger partial charge in [0.1, 0.15) is 5.75 Å². The van der Waals surface area contributed by atoms with Crippen LogP contribution < -0.4 is 0 Å². The molecule has 0 fully saturated rings. The second-order valence-electron chi connectivity index (χ2n) is 4.05. The molecule has 4 heteroatoms. The van der Waals surface area contributed by atoms with E-state index >= 15 is 0 Å². The van der Waals surface area contributed by atoms with Gasteiger partial charge >= 0.3 is 0 Å². The number of benzene rings is 1. The van der Waals surface area contributed by atoms with Gasteiger partial charge in [0, 0.05) is 18.2 Å². The van der Waals surface area contributed by atoms with E-state index in [0.29, 0.717) is 18.5 Å². The minimum absolute atomic E-state index is 0.0460. The minimum Gasteiger partial charge on any atom is -0.508 e. The quantitative estimate of drug-likeness (QED) is 0.865. The maximum absolute atomic E-state index is 12.1. The van der Waals surface area contributed by atoms with Crippen molar-refractivity contribution in [2.75, 3.05) is 6.54 Å². The molecule has 0 aliphatic carbocycles. The fourth-order valence-electron chi connectivity index (χ4n) is 1.53. The molecular formula is C13H16N2O2. The third kappa shape index (κ3) is 3.49. The first kappa shape index (κ1) is 13.0. The Morgan fingerprint density at radius 1 is 1.41 bits per heavy atom. The van der Waals surface area contributed by atoms with Crippen LogP contribution in [0.3, 0.4) is 0 Å². The number of hydrogen-bond acceptors (Lipinski definition) is 3. The number of rotatable bonds is 4. The maximum atomic E-state index is 12.1. The molecule has 0 aliphatic rings. The zero-order valence-corrected chi connectivity index (χ0v) is 10.1. The lowest BCUT2D eigenvalue weighted by Gasteiger charge is -2.25. The van der Waals surface area contributed by atoms with Crippen LogP contribution in [-0.4, -0.2) is 28.5 Å². The number of nitrogens with zero attached hydrogens (tertiary/aromatic N) is 2. The van der Waals surface area contributed by atoms with E-state index in [2.05, 4.69) is 0 Å². The predicted octanol–water partition coefficient (Wildman–Crippen LogP) is 2.16. The Morgan fingerprint density at radius 3 is 2.47 bits per heavy atom. The normalized spacial score (nSPS) is 10.0. The molecule has 1 amide bonds. The summed E-state index contributed by atoms with van der Waals surface area (Å²) < 4.78 is 0. The summed E-state index contributed by atoms with van der Waals surface area (Å²) >= 11 is 0. The molecule has 1 aromatic rings. The molecule has 0 heterocycles. The molecule has 0 saturated carbocycles. The highest BCUT2D eigenvalue weighted by atomic mass is 16.3. The van der Waals surface area contributed by atoms with E-state index in [4.69, 9.17) is 10.4 Å². The number of carbonyl (C=O) groups excluding carboxylic acids is 1. The predicted molar refractivity (Wildman–Crippen MR) is 64.5 cm³/mol. The minimum atomic E-state index is -0.116. The third-order valence-electron chi connectivity index (χ3n) is 2.46. The summed E-state index contributed by atoms with van der Waals surface area (Å²) in [6, 6.07) is 8.21. The molecule has 90 valence electrons. The van der Waals surface area contributed by atoms with Crippen molar-refractivity contribution in [3.05, 3.63) is 29.8 Å². The highest BCUT2D eigenvalue weighted by molar-refractivity contribution is 5.94. The molecule has 1 aromatic carbocycles. The summed E-state index contributed by atoms with van der Waals surface area (Å²) in [5.41, 5.74) is 0.523. The Bertz CT molecular complexity index is 418. The topological polar surface area (TPSA) is 64.3 Å². The second-order valence-corrected chi connectivity index (χ2v) is 4.05. The van der Waals surface area contributed by atoms with Gasteiger partial charge in [-0.1, -0.05) is 0 Å². The third-order valence-corrected chi connectivity index (χ3v) is 2.46. The van der Waals surface area contributed by atoms with Gasteiger partial charge in [-0.05, 0) is 38.1 Å². The lowest BCUT2D eigenvalue weighted by molar-refractivity contribution is 0.0710. The van der Waals surface area contributed by atoms with Crippen LogP contribution in [0.5, 0.6) is 5.75 Å². The van der Waals surface area contributed by atoms with Crippen LogP contribution in [0.1, 0.15) is 30.6 Å². The molecule has 1 N–H and O–H groups in total. The van der Waals surface area contributed by atoms with Crippen molar-refractivity contribution in [2.45, 2.75) is 26.3 Å². The largest absolute Gasteiger partial charge is 0.508 e. The molecule has 0 unspecified atom stereocenters. The molecule has 0 bridgehead atoms. The van der Waals surface area contributed by atoms with E-state index in [-0.39, 0.29) is 17.7 Å². The number of nitriles is 1. The van der Waals surface area contributed by atoms with Crippen LogP contribution in [0.15, 0.2) is 24.3 Å². The Balaban J connectivity index is 2.84. The van der Waals surface area contributed by atoms with Crippen molar-refractivity contribution in [1.82, 2.24) is 4.90 Å². The summed E-state index contributed by atoms with van der Waals surface area (Å²) in [4.78, 5) is 13.8. The van der Waals surface area contributed by atoms with Gasteiger partial charge in [0.2, 0.25) is 0 Å². The monoisotopic (exact) mass is 232 g/mol. The first-order valence-electron chi connectivity index (χ1n) is 5.53. The summed E-state index contributed by atoms with van der Waals surface area (Å²) in [5.74, 6) is 0.0184. The Kier molecular flexibility index (Phi) is 4.53. The van der Waals surface area contributed by atoms with Gasteiger partial charge in [-0.25, -0.2) is 0 Å². The first-order chi connectivity index (χ1) is 8.06. The molecule has 0 saturated heterocycles. The molecular weight excluding hydrogens is 216 g/mol. The number of hydrogen-bond donors (Lipinski definition) is 1. The number of aromatic hydroxyl groups is 1. The van der Waals surface area contributed by atoms with Gasteiger partial charge in [-0.15, -0.1) is 0 Å². The number of phenolic OH excluding ortho intramolecular Hbond substituents is 1. The van der Waals surface area contributed by atoms with Gasteiger partial charge in [-0.3, -0.25) is 4.79 Å². The SMILES string of the molecule is CC(C)N(CCC#N)C(=O)c1ccc(O)cc1. The summed E-state index contributed by atoms with van der Waals surface area (Å²) in [6.07, 6.45) is 0.321. The van der Waals surface area contributed by atoms with Gasteiger partial charge < -0.3 is 10.0 Å². The van der Waals surface area contributed by atoms with Crippen LogP contribution >= 0.6 is 0 Å². The molecule has 4 nitrogen and oxygen atoms in total. The van der Waals surface area contributed by atoms with Crippen molar-refractivity contribution in [1.29, 1.82) is 5.26 Å². The van der Waals surface area contributed by atoms with Crippen LogP contribution in [0.2, 0.25) is 0 Å². The molecule has 17 heavy (non-hydrogen) atoms. The lowest BCUT2D eigenvalue weighted by atomic mass is 10.1. The zero-order chi connectivity index (χ0) is 12.8. The highest BCUT2D eigenvalue weighted by Gasteiger charge is 2.17. The fourth-order valence-corrected chi connectivity index (χ4v) is 1.53. The van der Waals surface area contributed by atoms with Crippen LogP contribution in [-0.2, 0) is 0 Å². The van der Waals surface area contributed by atoms with E-state index in [1.807, 2.05) is 19.9 Å². The van der Waals surface area contributed by atoms with E-state index in [9.17, 15) is 4.79 Å². The Hall–Kier alpha value is -2.02. The number of amides is 1. The first-order valence-corrected chi connectivity index (χ1v) is 5.53. The van der Waals surface area contributed by atoms with E-state index in [1.54, 1.807) is 17.0 Å². The molecule has 0 atom stereocenters. The van der Waals surface area contributed by atoms with Crippen molar-refractivity contribution in [2.24, 2.45) is 0 Å². The van der Waals surface area contributed by atoms with E-state index in [0.717, 1.165) is 0 Å². The average Bonchev–Trinajstić information content (AvgIpc) is 2.29. The van der Waals surface area contributed by atoms with Crippen LogP contribution in [0.25, 0.3) is 0 Å². The van der Waals surface area contributed by atoms with E-state index < -0.39 is 0 Å². The lowest BCUT2D eigenvalue weighted by Crippen LogP contribution is -2.37. The van der Waals surface area contributed by atoms with Crippen LogP contribution in [0.4, 0.5) is 0 Å². The molecule has 0 aromatic heterocycles. The van der Waals surface area contributed by atoms with Crippen molar-refractivity contribution in [3.63, 3.8) is 0 Å². The summed E-state index contributed by atoms with van der Waals surface area (Å²) in [6.45, 7) is 4.25. The standard InChI is InChI=1S/C13H16N2O2/c1-10(2)15(9-3-8-14)13(17)11-4-6-12(16)7-5-11/h4-7,10,16H,3,9H2,1-2H3. The van der Waals surface area contributed by atoms with Crippen molar-refractivity contribution in [3.8, 4) is 11.8 Å². The average molecular weight is 232 g/mol. The smallest absolute Gasteiger partial charge is 0.254 e. The molecule has 0 spiro atoms. The molecule has 1 rings (SSSR count). The van der Waals surface area contributed by atoms with E-state index in [1.165, 1.54) is 12.1 Å².